The summed E-state index contributed by atoms with van der Waals surface area (Å²) in [5.74, 6) is -0.353. The molecule has 5 heteroatoms. The van der Waals surface area contributed by atoms with Gasteiger partial charge in [0.05, 0.1) is 0 Å². The molecule has 1 fully saturated rings. The number of hydrogen-bond acceptors (Lipinski definition) is 3. The average Bonchev–Trinajstić information content (AvgIpc) is 2.17. The smallest absolute Gasteiger partial charge is 0.410 e. The molecule has 0 bridgehead atoms. The van der Waals surface area contributed by atoms with E-state index < -0.39 is 17.9 Å². The van der Waals surface area contributed by atoms with Crippen molar-refractivity contribution in [1.29, 1.82) is 0 Å². The molecule has 1 amide bonds. The van der Waals surface area contributed by atoms with Gasteiger partial charge in [0.15, 0.2) is 12.0 Å². The normalized spacial score (nSPS) is 22.9. The second-order valence-corrected chi connectivity index (χ2v) is 5.29. The van der Waals surface area contributed by atoms with Crippen molar-refractivity contribution in [3.05, 3.63) is 0 Å². The second kappa shape index (κ2) is 5.47. The summed E-state index contributed by atoms with van der Waals surface area (Å²) in [7, 11) is 0. The van der Waals surface area contributed by atoms with E-state index in [1.54, 1.807) is 20.8 Å². The van der Waals surface area contributed by atoms with Gasteiger partial charge in [0.1, 0.15) is 5.60 Å². The van der Waals surface area contributed by atoms with Gasteiger partial charge in [0.2, 0.25) is 0 Å². The number of nitrogens with zero attached hydrogens (tertiary/aromatic N) is 1. The number of halogens is 1. The van der Waals surface area contributed by atoms with Gasteiger partial charge in [-0.3, -0.25) is 4.79 Å². The number of carbonyl (C=O) groups excluding carboxylic acids is 2. The zero-order valence-corrected chi connectivity index (χ0v) is 10.7. The molecule has 1 aliphatic heterocycles. The van der Waals surface area contributed by atoms with Gasteiger partial charge in [-0.25, -0.2) is 9.18 Å². The number of amides is 1. The molecule has 0 spiro atoms. The molecule has 1 heterocycles. The van der Waals surface area contributed by atoms with E-state index in [0.717, 1.165) is 0 Å². The molecule has 17 heavy (non-hydrogen) atoms. The molecule has 1 atom stereocenters. The third-order valence-corrected chi connectivity index (χ3v) is 2.50. The summed E-state index contributed by atoms with van der Waals surface area (Å²) in [6.45, 7) is 6.05. The van der Waals surface area contributed by atoms with Crippen LogP contribution in [0.2, 0.25) is 0 Å². The minimum atomic E-state index is -1.44. The van der Waals surface area contributed by atoms with Gasteiger partial charge in [-0.2, -0.15) is 0 Å². The second-order valence-electron chi connectivity index (χ2n) is 5.29. The van der Waals surface area contributed by atoms with Crippen LogP contribution in [0.25, 0.3) is 0 Å². The van der Waals surface area contributed by atoms with Crippen LogP contribution in [0.3, 0.4) is 0 Å². The van der Waals surface area contributed by atoms with Gasteiger partial charge in [-0.15, -0.1) is 0 Å². The summed E-state index contributed by atoms with van der Waals surface area (Å²) in [4.78, 5) is 24.4. The van der Waals surface area contributed by atoms with E-state index in [1.807, 2.05) is 0 Å². The Bertz CT molecular complexity index is 299. The van der Waals surface area contributed by atoms with Crippen LogP contribution in [0.5, 0.6) is 0 Å². The van der Waals surface area contributed by atoms with Crippen LogP contribution in [0.4, 0.5) is 9.18 Å². The molecule has 98 valence electrons. The van der Waals surface area contributed by atoms with E-state index in [-0.39, 0.29) is 25.2 Å². The quantitative estimate of drug-likeness (QED) is 0.658. The largest absolute Gasteiger partial charge is 0.444 e. The SMILES string of the molecule is CC(C)(C)OC(=O)N1CCCC(=O)C(F)CC1. The molecular weight excluding hydrogens is 225 g/mol. The number of hydrogen-bond donors (Lipinski definition) is 0. The summed E-state index contributed by atoms with van der Waals surface area (Å²) in [5.41, 5.74) is -0.551. The lowest BCUT2D eigenvalue weighted by atomic mass is 10.1. The van der Waals surface area contributed by atoms with Crippen molar-refractivity contribution in [1.82, 2.24) is 4.90 Å². The van der Waals surface area contributed by atoms with Crippen LogP contribution >= 0.6 is 0 Å². The van der Waals surface area contributed by atoms with Crippen molar-refractivity contribution in [2.24, 2.45) is 0 Å². The predicted octanol–water partition coefficient (Wildman–Crippen LogP) is 2.31. The van der Waals surface area contributed by atoms with Gasteiger partial charge in [-0.1, -0.05) is 0 Å². The lowest BCUT2D eigenvalue weighted by molar-refractivity contribution is -0.124. The summed E-state index contributed by atoms with van der Waals surface area (Å²) in [6, 6.07) is 0. The highest BCUT2D eigenvalue weighted by Gasteiger charge is 2.26. The Hall–Kier alpha value is -1.13. The van der Waals surface area contributed by atoms with Crippen molar-refractivity contribution in [2.75, 3.05) is 13.1 Å². The lowest BCUT2D eigenvalue weighted by Gasteiger charge is -2.28. The Labute approximate surface area is 101 Å². The molecule has 0 aromatic carbocycles. The van der Waals surface area contributed by atoms with Crippen molar-refractivity contribution in [3.63, 3.8) is 0 Å². The number of rotatable bonds is 0. The molecule has 0 aromatic heterocycles. The molecule has 0 radical (unpaired) electrons. The van der Waals surface area contributed by atoms with Crippen LogP contribution in [-0.4, -0.2) is 41.6 Å². The van der Waals surface area contributed by atoms with Gasteiger partial charge in [0.25, 0.3) is 0 Å². The number of ketones is 1. The molecule has 4 nitrogen and oxygen atoms in total. The Morgan fingerprint density at radius 1 is 1.41 bits per heavy atom. The molecule has 0 aromatic rings. The summed E-state index contributed by atoms with van der Waals surface area (Å²) < 4.78 is 18.5. The van der Waals surface area contributed by atoms with Crippen LogP contribution < -0.4 is 0 Å². The number of ether oxygens (including phenoxy) is 1. The Balaban J connectivity index is 2.54. The van der Waals surface area contributed by atoms with Crippen molar-refractivity contribution in [3.8, 4) is 0 Å². The average molecular weight is 245 g/mol. The fraction of sp³-hybridized carbons (Fsp3) is 0.833. The van der Waals surface area contributed by atoms with Crippen LogP contribution in [0.15, 0.2) is 0 Å². The predicted molar refractivity (Wildman–Crippen MR) is 61.6 cm³/mol. The van der Waals surface area contributed by atoms with Crippen LogP contribution in [0.1, 0.15) is 40.0 Å². The first-order chi connectivity index (χ1) is 7.79. The molecule has 1 rings (SSSR count). The van der Waals surface area contributed by atoms with Gasteiger partial charge < -0.3 is 9.64 Å². The third kappa shape index (κ3) is 4.71. The highest BCUT2D eigenvalue weighted by atomic mass is 19.1. The van der Waals surface area contributed by atoms with E-state index in [2.05, 4.69) is 0 Å². The van der Waals surface area contributed by atoms with Gasteiger partial charge >= 0.3 is 6.09 Å². The first kappa shape index (κ1) is 13.9. The first-order valence-corrected chi connectivity index (χ1v) is 5.94. The topological polar surface area (TPSA) is 46.6 Å². The van der Waals surface area contributed by atoms with Gasteiger partial charge in [-0.05, 0) is 27.2 Å². The summed E-state index contributed by atoms with van der Waals surface area (Å²) >= 11 is 0. The summed E-state index contributed by atoms with van der Waals surface area (Å²) in [6.07, 6.45) is -1.11. The molecule has 1 aliphatic rings. The first-order valence-electron chi connectivity index (χ1n) is 5.94. The third-order valence-electron chi connectivity index (χ3n) is 2.50. The van der Waals surface area contributed by atoms with E-state index >= 15 is 0 Å². The lowest BCUT2D eigenvalue weighted by Crippen LogP contribution is -2.40. The van der Waals surface area contributed by atoms with Crippen molar-refractivity contribution < 1.29 is 18.7 Å². The number of alkyl halides is 1. The van der Waals surface area contributed by atoms with E-state index in [1.165, 1.54) is 4.90 Å². The van der Waals surface area contributed by atoms with E-state index in [4.69, 9.17) is 4.74 Å². The molecule has 1 unspecified atom stereocenters. The van der Waals surface area contributed by atoms with Crippen LogP contribution in [-0.2, 0) is 9.53 Å². The molecular formula is C12H20FNO3. The van der Waals surface area contributed by atoms with Gasteiger partial charge in [0, 0.05) is 25.9 Å². The van der Waals surface area contributed by atoms with Crippen LogP contribution in [0, 0.1) is 0 Å². The number of carbonyl (C=O) groups is 2. The van der Waals surface area contributed by atoms with Crippen molar-refractivity contribution in [2.45, 2.75) is 51.8 Å². The minimum Gasteiger partial charge on any atom is -0.444 e. The maximum absolute atomic E-state index is 13.3. The molecule has 0 aliphatic carbocycles. The highest BCUT2D eigenvalue weighted by molar-refractivity contribution is 5.83. The molecule has 1 saturated heterocycles. The van der Waals surface area contributed by atoms with Crippen molar-refractivity contribution >= 4 is 11.9 Å². The maximum Gasteiger partial charge on any atom is 0.410 e. The minimum absolute atomic E-state index is 0.0675. The number of likely N-dealkylation sites (tertiary alicyclic amines) is 1. The highest BCUT2D eigenvalue weighted by Crippen LogP contribution is 2.15. The Kier molecular flexibility index (Phi) is 4.48. The Morgan fingerprint density at radius 3 is 2.65 bits per heavy atom. The molecule has 0 N–H and O–H groups in total. The number of Topliss-reactive ketones (excluding diaryl/α,β-unsaturated/α-hetero) is 1. The molecule has 0 saturated carbocycles. The fourth-order valence-corrected chi connectivity index (χ4v) is 1.65. The Morgan fingerprint density at radius 2 is 2.06 bits per heavy atom. The zero-order chi connectivity index (χ0) is 13.1. The summed E-state index contributed by atoms with van der Waals surface area (Å²) in [5, 5.41) is 0. The zero-order valence-electron chi connectivity index (χ0n) is 10.7. The monoisotopic (exact) mass is 245 g/mol. The standard InChI is InChI=1S/C12H20FNO3/c1-12(2,3)17-11(16)14-7-4-5-10(15)9(13)6-8-14/h9H,4-8H2,1-3H3. The maximum atomic E-state index is 13.3. The van der Waals surface area contributed by atoms with E-state index in [0.29, 0.717) is 13.0 Å². The fourth-order valence-electron chi connectivity index (χ4n) is 1.65. The van der Waals surface area contributed by atoms with E-state index in [9.17, 15) is 14.0 Å².